The molecule has 0 aliphatic heterocycles. The molecule has 0 spiro atoms. The molecular formula is C15H15N3O3. The molecule has 0 saturated carbocycles. The molecule has 0 radical (unpaired) electrons. The number of anilines is 1. The van der Waals surface area contributed by atoms with Gasteiger partial charge < -0.3 is 10.4 Å². The molecule has 1 amide bonds. The molecule has 0 unspecified atom stereocenters. The van der Waals surface area contributed by atoms with E-state index in [0.717, 1.165) is 6.08 Å². The van der Waals surface area contributed by atoms with Gasteiger partial charge in [-0.05, 0) is 30.2 Å². The van der Waals surface area contributed by atoms with Gasteiger partial charge in [-0.25, -0.2) is 4.79 Å². The van der Waals surface area contributed by atoms with Gasteiger partial charge in [-0.3, -0.25) is 9.48 Å². The Balaban J connectivity index is 2.25. The predicted molar refractivity (Wildman–Crippen MR) is 79.0 cm³/mol. The number of hydrogen-bond acceptors (Lipinski definition) is 3. The fourth-order valence-corrected chi connectivity index (χ4v) is 1.91. The van der Waals surface area contributed by atoms with E-state index in [1.165, 1.54) is 6.08 Å². The van der Waals surface area contributed by atoms with Crippen LogP contribution in [0.4, 0.5) is 5.82 Å². The highest BCUT2D eigenvalue weighted by atomic mass is 16.4. The number of aliphatic carboxylic acids is 1. The molecule has 0 aliphatic rings. The van der Waals surface area contributed by atoms with E-state index in [1.54, 1.807) is 49.1 Å². The molecule has 0 bridgehead atoms. The minimum atomic E-state index is -1.03. The summed E-state index contributed by atoms with van der Waals surface area (Å²) in [6.45, 7) is 1.77. The van der Waals surface area contributed by atoms with Gasteiger partial charge in [0.05, 0.1) is 0 Å². The number of rotatable bonds is 4. The fraction of sp³-hybridized carbons (Fsp3) is 0.133. The Morgan fingerprint density at radius 1 is 1.33 bits per heavy atom. The van der Waals surface area contributed by atoms with Gasteiger partial charge in [0.15, 0.2) is 5.82 Å². The van der Waals surface area contributed by atoms with Crippen LogP contribution in [-0.2, 0) is 11.8 Å². The monoisotopic (exact) mass is 285 g/mol. The quantitative estimate of drug-likeness (QED) is 0.842. The molecule has 2 aromatic rings. The SMILES string of the molecule is Cc1c(C=CC(=O)O)cccc1C(=O)Nc1ccn(C)n1. The number of amides is 1. The third kappa shape index (κ3) is 3.56. The third-order valence-electron chi connectivity index (χ3n) is 2.98. The lowest BCUT2D eigenvalue weighted by Crippen LogP contribution is -2.14. The highest BCUT2D eigenvalue weighted by Gasteiger charge is 2.12. The van der Waals surface area contributed by atoms with Crippen molar-refractivity contribution in [3.63, 3.8) is 0 Å². The van der Waals surface area contributed by atoms with Crippen molar-refractivity contribution in [1.82, 2.24) is 9.78 Å². The molecule has 0 atom stereocenters. The van der Waals surface area contributed by atoms with Crippen LogP contribution in [0.3, 0.4) is 0 Å². The van der Waals surface area contributed by atoms with Crippen molar-refractivity contribution < 1.29 is 14.7 Å². The number of nitrogens with zero attached hydrogens (tertiary/aromatic N) is 2. The van der Waals surface area contributed by atoms with E-state index < -0.39 is 5.97 Å². The highest BCUT2D eigenvalue weighted by molar-refractivity contribution is 6.05. The van der Waals surface area contributed by atoms with Gasteiger partial charge in [0.1, 0.15) is 0 Å². The molecule has 6 heteroatoms. The summed E-state index contributed by atoms with van der Waals surface area (Å²) in [6, 6.07) is 6.85. The van der Waals surface area contributed by atoms with Crippen molar-refractivity contribution in [2.75, 3.05) is 5.32 Å². The van der Waals surface area contributed by atoms with Gasteiger partial charge in [0, 0.05) is 31.0 Å². The van der Waals surface area contributed by atoms with Crippen LogP contribution >= 0.6 is 0 Å². The molecule has 1 aromatic carbocycles. The minimum Gasteiger partial charge on any atom is -0.478 e. The molecule has 6 nitrogen and oxygen atoms in total. The Bertz CT molecular complexity index is 717. The molecule has 2 rings (SSSR count). The number of carbonyl (C=O) groups excluding carboxylic acids is 1. The molecule has 2 N–H and O–H groups in total. The van der Waals surface area contributed by atoms with Crippen molar-refractivity contribution in [2.45, 2.75) is 6.92 Å². The number of benzene rings is 1. The van der Waals surface area contributed by atoms with Gasteiger partial charge >= 0.3 is 5.97 Å². The second kappa shape index (κ2) is 6.04. The van der Waals surface area contributed by atoms with Crippen LogP contribution in [0.15, 0.2) is 36.5 Å². The molecular weight excluding hydrogens is 270 g/mol. The van der Waals surface area contributed by atoms with Gasteiger partial charge in [0.2, 0.25) is 0 Å². The number of nitrogens with one attached hydrogen (secondary N) is 1. The van der Waals surface area contributed by atoms with Gasteiger partial charge in [-0.1, -0.05) is 12.1 Å². The normalized spacial score (nSPS) is 10.8. The van der Waals surface area contributed by atoms with Crippen molar-refractivity contribution in [1.29, 1.82) is 0 Å². The number of carboxylic acid groups (broad SMARTS) is 1. The minimum absolute atomic E-state index is 0.281. The maximum Gasteiger partial charge on any atom is 0.328 e. The van der Waals surface area contributed by atoms with E-state index in [1.807, 2.05) is 0 Å². The van der Waals surface area contributed by atoms with Gasteiger partial charge in [-0.2, -0.15) is 5.10 Å². The summed E-state index contributed by atoms with van der Waals surface area (Å²) in [7, 11) is 1.76. The number of aryl methyl sites for hydroxylation is 1. The van der Waals surface area contributed by atoms with Crippen molar-refractivity contribution in [2.24, 2.45) is 7.05 Å². The lowest BCUT2D eigenvalue weighted by atomic mass is 10.0. The molecule has 21 heavy (non-hydrogen) atoms. The Kier molecular flexibility index (Phi) is 4.18. The first kappa shape index (κ1) is 14.5. The maximum atomic E-state index is 12.2. The Morgan fingerprint density at radius 2 is 2.10 bits per heavy atom. The van der Waals surface area contributed by atoms with Crippen LogP contribution in [0.25, 0.3) is 6.08 Å². The summed E-state index contributed by atoms with van der Waals surface area (Å²) in [6.07, 6.45) is 4.24. The van der Waals surface area contributed by atoms with Crippen LogP contribution in [0.5, 0.6) is 0 Å². The highest BCUT2D eigenvalue weighted by Crippen LogP contribution is 2.17. The first-order chi connectivity index (χ1) is 9.97. The van der Waals surface area contributed by atoms with Crippen LogP contribution in [0, 0.1) is 6.92 Å². The van der Waals surface area contributed by atoms with Crippen LogP contribution in [-0.4, -0.2) is 26.8 Å². The van der Waals surface area contributed by atoms with Gasteiger partial charge in [0.25, 0.3) is 5.91 Å². The Hall–Kier alpha value is -2.89. The summed E-state index contributed by atoms with van der Waals surface area (Å²) < 4.78 is 1.59. The zero-order valence-corrected chi connectivity index (χ0v) is 11.7. The number of hydrogen-bond donors (Lipinski definition) is 2. The van der Waals surface area contributed by atoms with Crippen LogP contribution < -0.4 is 5.32 Å². The van der Waals surface area contributed by atoms with E-state index in [9.17, 15) is 9.59 Å². The molecule has 0 saturated heterocycles. The van der Waals surface area contributed by atoms with E-state index in [0.29, 0.717) is 22.5 Å². The van der Waals surface area contributed by atoms with Crippen LogP contribution in [0.1, 0.15) is 21.5 Å². The average molecular weight is 285 g/mol. The molecule has 1 heterocycles. The Labute approximate surface area is 121 Å². The standard InChI is InChI=1S/C15H15N3O3/c1-10-11(6-7-14(19)20)4-3-5-12(10)15(21)16-13-8-9-18(2)17-13/h3-9H,1-2H3,(H,19,20)(H,16,17,21). The molecule has 0 aliphatic carbocycles. The molecule has 1 aromatic heterocycles. The lowest BCUT2D eigenvalue weighted by molar-refractivity contribution is -0.131. The lowest BCUT2D eigenvalue weighted by Gasteiger charge is -2.08. The van der Waals surface area contributed by atoms with Crippen molar-refractivity contribution in [3.8, 4) is 0 Å². The average Bonchev–Trinajstić information content (AvgIpc) is 2.82. The van der Waals surface area contributed by atoms with E-state index in [2.05, 4.69) is 10.4 Å². The summed E-state index contributed by atoms with van der Waals surface area (Å²) in [5.74, 6) is -0.845. The zero-order chi connectivity index (χ0) is 15.4. The number of carboxylic acids is 1. The fourth-order valence-electron chi connectivity index (χ4n) is 1.91. The summed E-state index contributed by atoms with van der Waals surface area (Å²) in [5.41, 5.74) is 1.88. The first-order valence-corrected chi connectivity index (χ1v) is 6.29. The summed E-state index contributed by atoms with van der Waals surface area (Å²) >= 11 is 0. The maximum absolute atomic E-state index is 12.2. The second-order valence-corrected chi connectivity index (χ2v) is 4.52. The van der Waals surface area contributed by atoms with Crippen molar-refractivity contribution >= 4 is 23.8 Å². The smallest absolute Gasteiger partial charge is 0.328 e. The van der Waals surface area contributed by atoms with Crippen LogP contribution in [0.2, 0.25) is 0 Å². The molecule has 108 valence electrons. The molecule has 0 fully saturated rings. The van der Waals surface area contributed by atoms with E-state index in [-0.39, 0.29) is 5.91 Å². The summed E-state index contributed by atoms with van der Waals surface area (Å²) in [5, 5.41) is 15.4. The van der Waals surface area contributed by atoms with E-state index in [4.69, 9.17) is 5.11 Å². The zero-order valence-electron chi connectivity index (χ0n) is 11.7. The summed E-state index contributed by atoms with van der Waals surface area (Å²) in [4.78, 5) is 22.8. The Morgan fingerprint density at radius 3 is 2.71 bits per heavy atom. The third-order valence-corrected chi connectivity index (χ3v) is 2.98. The largest absolute Gasteiger partial charge is 0.478 e. The predicted octanol–water partition coefficient (Wildman–Crippen LogP) is 2.08. The number of aromatic nitrogens is 2. The number of carbonyl (C=O) groups is 2. The first-order valence-electron chi connectivity index (χ1n) is 6.29. The van der Waals surface area contributed by atoms with Crippen molar-refractivity contribution in [3.05, 3.63) is 53.2 Å². The van der Waals surface area contributed by atoms with Gasteiger partial charge in [-0.15, -0.1) is 0 Å². The topological polar surface area (TPSA) is 84.2 Å². The second-order valence-electron chi connectivity index (χ2n) is 4.52. The van der Waals surface area contributed by atoms with E-state index >= 15 is 0 Å².